The van der Waals surface area contributed by atoms with Crippen molar-refractivity contribution in [2.45, 2.75) is 77.0 Å². The molecule has 1 saturated heterocycles. The predicted octanol–water partition coefficient (Wildman–Crippen LogP) is 4.29. The molecule has 1 aliphatic rings. The topological polar surface area (TPSA) is 21.3 Å². The molecule has 1 heterocycles. The van der Waals surface area contributed by atoms with Crippen LogP contribution in [0, 0.1) is 0 Å². The van der Waals surface area contributed by atoms with Crippen LogP contribution in [0.4, 0.5) is 0 Å². The van der Waals surface area contributed by atoms with Crippen molar-refractivity contribution in [3.63, 3.8) is 0 Å². The molecule has 0 radical (unpaired) electrons. The van der Waals surface area contributed by atoms with Crippen LogP contribution in [0.15, 0.2) is 30.3 Å². The molecule has 0 saturated carbocycles. The van der Waals surface area contributed by atoms with Crippen molar-refractivity contribution >= 4 is 0 Å². The average molecular weight is 289 g/mol. The monoisotopic (exact) mass is 289 g/mol. The van der Waals surface area contributed by atoms with Gasteiger partial charge in [-0.15, -0.1) is 0 Å². The summed E-state index contributed by atoms with van der Waals surface area (Å²) in [4.78, 5) is 0. The van der Waals surface area contributed by atoms with E-state index in [0.29, 0.717) is 12.1 Å². The third kappa shape index (κ3) is 4.82. The highest BCUT2D eigenvalue weighted by Crippen LogP contribution is 2.29. The van der Waals surface area contributed by atoms with Crippen molar-refractivity contribution in [3.8, 4) is 0 Å². The predicted molar refractivity (Wildman–Crippen MR) is 89.7 cm³/mol. The summed E-state index contributed by atoms with van der Waals surface area (Å²) in [6.45, 7) is 12.3. The summed E-state index contributed by atoms with van der Waals surface area (Å²) in [5.41, 5.74) is 1.64. The first-order chi connectivity index (χ1) is 9.78. The van der Waals surface area contributed by atoms with E-state index in [2.05, 4.69) is 70.3 Å². The summed E-state index contributed by atoms with van der Waals surface area (Å²) in [5, 5.41) is 3.82. The quantitative estimate of drug-likeness (QED) is 0.873. The van der Waals surface area contributed by atoms with Crippen molar-refractivity contribution in [3.05, 3.63) is 35.9 Å². The molecule has 2 unspecified atom stereocenters. The number of hydrogen-bond acceptors (Lipinski definition) is 2. The smallest absolute Gasteiger partial charge is 0.0641 e. The van der Waals surface area contributed by atoms with Crippen LogP contribution in [0.25, 0.3) is 0 Å². The summed E-state index contributed by atoms with van der Waals surface area (Å²) in [6.07, 6.45) is 3.37. The molecule has 0 aliphatic carbocycles. The second kappa shape index (κ2) is 6.50. The highest BCUT2D eigenvalue weighted by atomic mass is 16.5. The summed E-state index contributed by atoms with van der Waals surface area (Å²) >= 11 is 0. The Labute approximate surface area is 130 Å². The van der Waals surface area contributed by atoms with Crippen molar-refractivity contribution in [1.29, 1.82) is 0 Å². The Morgan fingerprint density at radius 2 is 1.95 bits per heavy atom. The molecule has 2 rings (SSSR count). The Balaban J connectivity index is 1.91. The minimum Gasteiger partial charge on any atom is -0.375 e. The van der Waals surface area contributed by atoms with Crippen molar-refractivity contribution in [1.82, 2.24) is 5.32 Å². The first kappa shape index (κ1) is 16.5. The van der Waals surface area contributed by atoms with E-state index in [0.717, 1.165) is 25.9 Å². The molecule has 1 aliphatic heterocycles. The molecule has 0 amide bonds. The number of hydrogen-bond donors (Lipinski definition) is 1. The maximum Gasteiger partial charge on any atom is 0.0641 e. The molecule has 0 aromatic heterocycles. The lowest BCUT2D eigenvalue weighted by molar-refractivity contribution is -0.0641. The van der Waals surface area contributed by atoms with Gasteiger partial charge in [-0.3, -0.25) is 0 Å². The zero-order valence-corrected chi connectivity index (χ0v) is 14.3. The molecule has 21 heavy (non-hydrogen) atoms. The summed E-state index contributed by atoms with van der Waals surface area (Å²) < 4.78 is 5.81. The molecular formula is C19H31NO. The Kier molecular flexibility index (Phi) is 5.11. The Morgan fingerprint density at radius 1 is 1.29 bits per heavy atom. The van der Waals surface area contributed by atoms with E-state index >= 15 is 0 Å². The van der Waals surface area contributed by atoms with Crippen LogP contribution in [-0.2, 0) is 10.2 Å². The second-order valence-electron chi connectivity index (χ2n) is 7.82. The van der Waals surface area contributed by atoms with E-state index in [-0.39, 0.29) is 11.0 Å². The fourth-order valence-electron chi connectivity index (χ4n) is 3.61. The van der Waals surface area contributed by atoms with Gasteiger partial charge in [0.15, 0.2) is 0 Å². The summed E-state index contributed by atoms with van der Waals surface area (Å²) in [7, 11) is 0. The van der Waals surface area contributed by atoms with Gasteiger partial charge in [-0.2, -0.15) is 0 Å². The second-order valence-corrected chi connectivity index (χ2v) is 7.82. The van der Waals surface area contributed by atoms with Gasteiger partial charge in [0.2, 0.25) is 0 Å². The maximum absolute atomic E-state index is 5.81. The van der Waals surface area contributed by atoms with Gasteiger partial charge in [-0.05, 0) is 51.0 Å². The lowest BCUT2D eigenvalue weighted by Gasteiger charge is -2.38. The molecule has 118 valence electrons. The van der Waals surface area contributed by atoms with E-state index in [4.69, 9.17) is 4.74 Å². The van der Waals surface area contributed by atoms with Crippen molar-refractivity contribution in [2.24, 2.45) is 0 Å². The molecule has 2 nitrogen and oxygen atoms in total. The van der Waals surface area contributed by atoms with E-state index in [1.807, 2.05) is 0 Å². The SMILES string of the molecule is CC(CC(C)(C)c1ccccc1)NC1CCOC(C)(C)C1. The number of benzene rings is 1. The third-order valence-electron chi connectivity index (χ3n) is 4.59. The van der Waals surface area contributed by atoms with Gasteiger partial charge < -0.3 is 10.1 Å². The highest BCUT2D eigenvalue weighted by Gasteiger charge is 2.30. The molecule has 1 aromatic carbocycles. The van der Waals surface area contributed by atoms with Gasteiger partial charge in [-0.25, -0.2) is 0 Å². The van der Waals surface area contributed by atoms with Crippen LogP contribution in [0.1, 0.15) is 59.4 Å². The first-order valence-electron chi connectivity index (χ1n) is 8.24. The van der Waals surface area contributed by atoms with Crippen LogP contribution in [0.5, 0.6) is 0 Å². The highest BCUT2D eigenvalue weighted by molar-refractivity contribution is 5.23. The third-order valence-corrected chi connectivity index (χ3v) is 4.59. The van der Waals surface area contributed by atoms with E-state index < -0.39 is 0 Å². The van der Waals surface area contributed by atoms with Gasteiger partial charge >= 0.3 is 0 Å². The average Bonchev–Trinajstić information content (AvgIpc) is 2.37. The lowest BCUT2D eigenvalue weighted by Crippen LogP contribution is -2.47. The molecule has 2 heteroatoms. The van der Waals surface area contributed by atoms with Crippen LogP contribution in [0.3, 0.4) is 0 Å². The summed E-state index contributed by atoms with van der Waals surface area (Å²) in [6, 6.07) is 11.9. The molecule has 0 spiro atoms. The summed E-state index contributed by atoms with van der Waals surface area (Å²) in [5.74, 6) is 0. The van der Waals surface area contributed by atoms with Crippen LogP contribution < -0.4 is 5.32 Å². The Hall–Kier alpha value is -0.860. The van der Waals surface area contributed by atoms with Crippen molar-refractivity contribution < 1.29 is 4.74 Å². The Morgan fingerprint density at radius 3 is 2.57 bits per heavy atom. The van der Waals surface area contributed by atoms with Gasteiger partial charge in [0, 0.05) is 18.7 Å². The van der Waals surface area contributed by atoms with Gasteiger partial charge in [0.1, 0.15) is 0 Å². The zero-order valence-electron chi connectivity index (χ0n) is 14.3. The van der Waals surface area contributed by atoms with Crippen molar-refractivity contribution in [2.75, 3.05) is 6.61 Å². The largest absolute Gasteiger partial charge is 0.375 e. The molecular weight excluding hydrogens is 258 g/mol. The fraction of sp³-hybridized carbons (Fsp3) is 0.684. The standard InChI is InChI=1S/C19H31NO/c1-15(20-17-11-12-21-19(4,5)14-17)13-18(2,3)16-9-7-6-8-10-16/h6-10,15,17,20H,11-14H2,1-5H3. The molecule has 2 atom stereocenters. The number of ether oxygens (including phenoxy) is 1. The first-order valence-corrected chi connectivity index (χ1v) is 8.24. The fourth-order valence-corrected chi connectivity index (χ4v) is 3.61. The lowest BCUT2D eigenvalue weighted by atomic mass is 9.79. The molecule has 1 N–H and O–H groups in total. The maximum atomic E-state index is 5.81. The molecule has 0 bridgehead atoms. The van der Waals surface area contributed by atoms with E-state index in [1.54, 1.807) is 0 Å². The minimum absolute atomic E-state index is 0.0184. The minimum atomic E-state index is 0.0184. The number of nitrogens with one attached hydrogen (secondary N) is 1. The Bertz CT molecular complexity index is 438. The van der Waals surface area contributed by atoms with E-state index in [1.165, 1.54) is 5.56 Å². The van der Waals surface area contributed by atoms with Gasteiger partial charge in [0.05, 0.1) is 5.60 Å². The molecule has 1 aromatic rings. The zero-order chi connectivity index (χ0) is 15.5. The van der Waals surface area contributed by atoms with Crippen LogP contribution in [0.2, 0.25) is 0 Å². The normalized spacial score (nSPS) is 23.8. The van der Waals surface area contributed by atoms with Gasteiger partial charge in [0.25, 0.3) is 0 Å². The van der Waals surface area contributed by atoms with Gasteiger partial charge in [-0.1, -0.05) is 44.2 Å². The number of rotatable bonds is 5. The van der Waals surface area contributed by atoms with Crippen LogP contribution in [-0.4, -0.2) is 24.3 Å². The van der Waals surface area contributed by atoms with E-state index in [9.17, 15) is 0 Å². The van der Waals surface area contributed by atoms with Crippen LogP contribution >= 0.6 is 0 Å². The molecule has 1 fully saturated rings.